The zero-order valence-corrected chi connectivity index (χ0v) is 23.6. The first-order valence-electron chi connectivity index (χ1n) is 11.2. The molecule has 0 atom stereocenters. The van der Waals surface area contributed by atoms with Crippen molar-refractivity contribution in [3.05, 3.63) is 90.9 Å². The molecule has 1 saturated heterocycles. The van der Waals surface area contributed by atoms with Gasteiger partial charge in [-0.2, -0.15) is 0 Å². The molecule has 0 saturated carbocycles. The molecule has 1 N–H and O–H groups in total. The molecule has 0 unspecified atom stereocenters. The van der Waals surface area contributed by atoms with Crippen LogP contribution in [0.4, 0.5) is 5.69 Å². The number of hydrogen-bond acceptors (Lipinski definition) is 6. The van der Waals surface area contributed by atoms with Crippen LogP contribution < -0.4 is 9.47 Å². The van der Waals surface area contributed by atoms with E-state index in [1.165, 1.54) is 28.8 Å². The Morgan fingerprint density at radius 3 is 2.57 bits per heavy atom. The largest absolute Gasteiger partial charge is 0.490 e. The lowest BCUT2D eigenvalue weighted by Gasteiger charge is -2.15. The van der Waals surface area contributed by atoms with Gasteiger partial charge in [0, 0.05) is 17.6 Å². The molecule has 3 aromatic rings. The Morgan fingerprint density at radius 2 is 1.89 bits per heavy atom. The summed E-state index contributed by atoms with van der Waals surface area (Å²) in [5, 5.41) is 10.2. The topological polar surface area (TPSA) is 88.4 Å². The molecule has 4 rings (SSSR count). The summed E-state index contributed by atoms with van der Waals surface area (Å²) in [5.74, 6) is -0.00479. The molecule has 1 aliphatic rings. The van der Waals surface area contributed by atoms with Gasteiger partial charge in [0.05, 0.1) is 26.3 Å². The predicted octanol–water partition coefficient (Wildman–Crippen LogP) is 6.85. The summed E-state index contributed by atoms with van der Waals surface area (Å²) in [4.78, 5) is 30.5. The Morgan fingerprint density at radius 1 is 1.16 bits per heavy atom. The second kappa shape index (κ2) is 12.0. The van der Waals surface area contributed by atoms with Gasteiger partial charge in [0.15, 0.2) is 16.7 Å². The third-order valence-corrected chi connectivity index (χ3v) is 7.53. The first-order chi connectivity index (χ1) is 17.8. The SMILES string of the molecule is CCOc1cc(C=C2SC(=Nc3ccc(C(=O)O)cc3)N(C)C2=O)cc(I)c1OCc1ccccc1Cl. The number of carbonyl (C=O) groups excluding carboxylic acids is 1. The molecule has 1 fully saturated rings. The molecule has 0 aromatic heterocycles. The van der Waals surface area contributed by atoms with Gasteiger partial charge >= 0.3 is 5.97 Å². The molecule has 0 bridgehead atoms. The Hall–Kier alpha value is -3.02. The highest BCUT2D eigenvalue weighted by atomic mass is 127. The van der Waals surface area contributed by atoms with Crippen molar-refractivity contribution in [2.45, 2.75) is 13.5 Å². The van der Waals surface area contributed by atoms with Crippen LogP contribution in [-0.2, 0) is 11.4 Å². The summed E-state index contributed by atoms with van der Waals surface area (Å²) in [7, 11) is 1.65. The number of carbonyl (C=O) groups is 2. The normalized spacial score (nSPS) is 15.5. The van der Waals surface area contributed by atoms with Crippen LogP contribution in [0.25, 0.3) is 6.08 Å². The lowest BCUT2D eigenvalue weighted by molar-refractivity contribution is -0.121. The van der Waals surface area contributed by atoms with Gasteiger partial charge in [0.2, 0.25) is 0 Å². The average molecular weight is 649 g/mol. The van der Waals surface area contributed by atoms with Crippen molar-refractivity contribution < 1.29 is 24.2 Å². The van der Waals surface area contributed by atoms with Crippen molar-refractivity contribution >= 4 is 74.8 Å². The highest BCUT2D eigenvalue weighted by Gasteiger charge is 2.30. The van der Waals surface area contributed by atoms with Crippen LogP contribution in [0, 0.1) is 3.57 Å². The van der Waals surface area contributed by atoms with Crippen molar-refractivity contribution in [3.63, 3.8) is 0 Å². The van der Waals surface area contributed by atoms with Crippen molar-refractivity contribution in [1.29, 1.82) is 0 Å². The van der Waals surface area contributed by atoms with E-state index >= 15 is 0 Å². The molecule has 7 nitrogen and oxygen atoms in total. The second-order valence-electron chi connectivity index (χ2n) is 7.86. The molecule has 0 aliphatic carbocycles. The molecular formula is C27H22ClIN2O5S. The lowest BCUT2D eigenvalue weighted by atomic mass is 10.1. The summed E-state index contributed by atoms with van der Waals surface area (Å²) in [5.41, 5.74) is 2.39. The number of rotatable bonds is 8. The van der Waals surface area contributed by atoms with Crippen LogP contribution in [0.1, 0.15) is 28.4 Å². The number of halogens is 2. The van der Waals surface area contributed by atoms with E-state index in [4.69, 9.17) is 26.2 Å². The zero-order chi connectivity index (χ0) is 26.5. The summed E-state index contributed by atoms with van der Waals surface area (Å²) in [6.07, 6.45) is 1.79. The summed E-state index contributed by atoms with van der Waals surface area (Å²) in [6.45, 7) is 2.64. The van der Waals surface area contributed by atoms with E-state index in [9.17, 15) is 9.59 Å². The fourth-order valence-corrected chi connectivity index (χ4v) is 5.39. The average Bonchev–Trinajstić information content (AvgIpc) is 3.12. The maximum absolute atomic E-state index is 12.9. The molecule has 190 valence electrons. The zero-order valence-electron chi connectivity index (χ0n) is 19.9. The van der Waals surface area contributed by atoms with Gasteiger partial charge in [-0.1, -0.05) is 29.8 Å². The second-order valence-corrected chi connectivity index (χ2v) is 10.4. The van der Waals surface area contributed by atoms with Crippen LogP contribution in [-0.4, -0.2) is 40.7 Å². The number of benzene rings is 3. The summed E-state index contributed by atoms with van der Waals surface area (Å²) >= 11 is 9.70. The number of ether oxygens (including phenoxy) is 2. The number of amidine groups is 1. The maximum atomic E-state index is 12.9. The molecule has 10 heteroatoms. The quantitative estimate of drug-likeness (QED) is 0.212. The maximum Gasteiger partial charge on any atom is 0.335 e. The number of nitrogens with zero attached hydrogens (tertiary/aromatic N) is 2. The Balaban J connectivity index is 1.58. The lowest BCUT2D eigenvalue weighted by Crippen LogP contribution is -2.23. The van der Waals surface area contributed by atoms with E-state index in [0.717, 1.165) is 14.7 Å². The standard InChI is InChI=1S/C27H22ClIN2O5S/c1-3-35-22-13-16(12-21(29)24(22)36-15-18-6-4-5-7-20(18)28)14-23-25(32)31(2)27(37-23)30-19-10-8-17(9-11-19)26(33)34/h4-14H,3,15H2,1-2H3,(H,33,34). The molecule has 1 amide bonds. The minimum absolute atomic E-state index is 0.173. The molecule has 0 spiro atoms. The van der Waals surface area contributed by atoms with Crippen LogP contribution in [0.2, 0.25) is 5.02 Å². The van der Waals surface area contributed by atoms with Gasteiger partial charge in [-0.15, -0.1) is 0 Å². The fraction of sp³-hybridized carbons (Fsp3) is 0.148. The van der Waals surface area contributed by atoms with Crippen molar-refractivity contribution in [1.82, 2.24) is 4.90 Å². The molecule has 3 aromatic carbocycles. The highest BCUT2D eigenvalue weighted by molar-refractivity contribution is 14.1. The van der Waals surface area contributed by atoms with Gasteiger partial charge < -0.3 is 14.6 Å². The van der Waals surface area contributed by atoms with Gasteiger partial charge in [-0.05, 0) is 95.4 Å². The van der Waals surface area contributed by atoms with Crippen molar-refractivity contribution in [2.75, 3.05) is 13.7 Å². The highest BCUT2D eigenvalue weighted by Crippen LogP contribution is 2.38. The van der Waals surface area contributed by atoms with Crippen LogP contribution in [0.15, 0.2) is 70.6 Å². The monoisotopic (exact) mass is 648 g/mol. The van der Waals surface area contributed by atoms with E-state index in [0.29, 0.717) is 45.5 Å². The number of carboxylic acid groups (broad SMARTS) is 1. The number of amides is 1. The molecular weight excluding hydrogens is 627 g/mol. The Kier molecular flexibility index (Phi) is 8.78. The number of aliphatic imine (C=N–C) groups is 1. The van der Waals surface area contributed by atoms with Gasteiger partial charge in [0.1, 0.15) is 6.61 Å². The van der Waals surface area contributed by atoms with E-state index in [2.05, 4.69) is 27.6 Å². The van der Waals surface area contributed by atoms with E-state index in [1.54, 1.807) is 25.3 Å². The summed E-state index contributed by atoms with van der Waals surface area (Å²) < 4.78 is 12.8. The Labute approximate surface area is 237 Å². The number of thioether (sulfide) groups is 1. The first-order valence-corrected chi connectivity index (χ1v) is 13.5. The van der Waals surface area contributed by atoms with E-state index < -0.39 is 5.97 Å². The number of hydrogen-bond donors (Lipinski definition) is 1. The smallest absolute Gasteiger partial charge is 0.335 e. The fourth-order valence-electron chi connectivity index (χ4n) is 3.43. The summed E-state index contributed by atoms with van der Waals surface area (Å²) in [6, 6.07) is 17.4. The molecule has 37 heavy (non-hydrogen) atoms. The van der Waals surface area contributed by atoms with Crippen molar-refractivity contribution in [2.24, 2.45) is 4.99 Å². The number of likely N-dealkylation sites (N-methyl/N-ethyl adjacent to an activating group) is 1. The number of carboxylic acids is 1. The van der Waals surface area contributed by atoms with Crippen LogP contribution in [0.5, 0.6) is 11.5 Å². The molecule has 1 heterocycles. The van der Waals surface area contributed by atoms with Gasteiger partial charge in [-0.3, -0.25) is 9.69 Å². The first kappa shape index (κ1) is 27.0. The van der Waals surface area contributed by atoms with Gasteiger partial charge in [0.25, 0.3) is 5.91 Å². The third-order valence-electron chi connectivity index (χ3n) is 5.30. The molecule has 1 aliphatic heterocycles. The van der Waals surface area contributed by atoms with Crippen LogP contribution in [0.3, 0.4) is 0 Å². The van der Waals surface area contributed by atoms with Crippen LogP contribution >= 0.6 is 46.0 Å². The van der Waals surface area contributed by atoms with Crippen molar-refractivity contribution in [3.8, 4) is 11.5 Å². The predicted molar refractivity (Wildman–Crippen MR) is 155 cm³/mol. The molecule has 0 radical (unpaired) electrons. The minimum Gasteiger partial charge on any atom is -0.490 e. The minimum atomic E-state index is -1.01. The van der Waals surface area contributed by atoms with E-state index in [1.807, 2.05) is 43.3 Å². The van der Waals surface area contributed by atoms with Gasteiger partial charge in [-0.25, -0.2) is 9.79 Å². The third kappa shape index (κ3) is 6.46. The Bertz CT molecular complexity index is 1410. The number of aromatic carboxylic acids is 1. The van der Waals surface area contributed by atoms with E-state index in [-0.39, 0.29) is 11.5 Å².